The van der Waals surface area contributed by atoms with E-state index in [1.54, 1.807) is 7.11 Å². The quantitative estimate of drug-likeness (QED) is 0.615. The van der Waals surface area contributed by atoms with Crippen LogP contribution in [-0.2, 0) is 11.2 Å². The van der Waals surface area contributed by atoms with E-state index in [0.717, 1.165) is 22.3 Å². The van der Waals surface area contributed by atoms with Crippen molar-refractivity contribution in [2.45, 2.75) is 6.42 Å². The monoisotopic (exact) mass is 382 g/mol. The van der Waals surface area contributed by atoms with Gasteiger partial charge in [-0.25, -0.2) is 9.97 Å². The second-order valence-electron chi connectivity index (χ2n) is 6.73. The molecular formula is C24H18N2O3. The highest BCUT2D eigenvalue weighted by Gasteiger charge is 2.26. The number of rotatable bonds is 5. The topological polar surface area (TPSA) is 69.2 Å². The molecule has 0 unspecified atom stereocenters. The van der Waals surface area contributed by atoms with Crippen LogP contribution in [0.1, 0.15) is 32.0 Å². The van der Waals surface area contributed by atoms with E-state index < -0.39 is 0 Å². The number of hydrogen-bond donors (Lipinski definition) is 0. The van der Waals surface area contributed by atoms with Gasteiger partial charge in [-0.05, 0) is 22.8 Å². The smallest absolute Gasteiger partial charge is 0.205 e. The molecule has 0 amide bonds. The van der Waals surface area contributed by atoms with E-state index in [4.69, 9.17) is 4.74 Å². The van der Waals surface area contributed by atoms with Crippen LogP contribution in [-0.4, -0.2) is 28.6 Å². The van der Waals surface area contributed by atoms with E-state index in [1.165, 1.54) is 18.6 Å². The molecule has 0 aliphatic heterocycles. The summed E-state index contributed by atoms with van der Waals surface area (Å²) in [5.74, 6) is 0.150. The SMILES string of the molecule is C=C(OC)c1ccc(-c2cccc(CC3=CC(=O)c4ncncc4C3=O)c2)cc1. The second kappa shape index (κ2) is 7.64. The van der Waals surface area contributed by atoms with Gasteiger partial charge in [0.15, 0.2) is 5.78 Å². The fraction of sp³-hybridized carbons (Fsp3) is 0.0833. The molecule has 1 aromatic heterocycles. The van der Waals surface area contributed by atoms with Gasteiger partial charge in [0.05, 0.1) is 12.7 Å². The first-order chi connectivity index (χ1) is 14.1. The number of hydrogen-bond acceptors (Lipinski definition) is 5. The van der Waals surface area contributed by atoms with Gasteiger partial charge in [0.25, 0.3) is 0 Å². The number of Topliss-reactive ketones (excluding diaryl/α,β-unsaturated/α-hetero) is 1. The van der Waals surface area contributed by atoms with Crippen molar-refractivity contribution in [2.24, 2.45) is 0 Å². The van der Waals surface area contributed by atoms with E-state index in [2.05, 4.69) is 16.5 Å². The Labute approximate surface area is 168 Å². The lowest BCUT2D eigenvalue weighted by molar-refractivity contribution is 0.0978. The number of allylic oxidation sites excluding steroid dienone is 2. The van der Waals surface area contributed by atoms with Crippen molar-refractivity contribution >= 4 is 17.3 Å². The molecule has 1 aliphatic carbocycles. The number of carbonyl (C=O) groups is 2. The van der Waals surface area contributed by atoms with Crippen LogP contribution in [0.15, 0.2) is 79.3 Å². The minimum atomic E-state index is -0.262. The Morgan fingerprint density at radius 2 is 1.86 bits per heavy atom. The minimum absolute atomic E-state index is 0.167. The third-order valence-electron chi connectivity index (χ3n) is 4.90. The van der Waals surface area contributed by atoms with Gasteiger partial charge in [0.1, 0.15) is 17.8 Å². The highest BCUT2D eigenvalue weighted by Crippen LogP contribution is 2.26. The van der Waals surface area contributed by atoms with Crippen LogP contribution >= 0.6 is 0 Å². The van der Waals surface area contributed by atoms with Gasteiger partial charge in [-0.1, -0.05) is 55.1 Å². The Balaban J connectivity index is 1.59. The van der Waals surface area contributed by atoms with Crippen molar-refractivity contribution in [1.82, 2.24) is 9.97 Å². The van der Waals surface area contributed by atoms with Crippen molar-refractivity contribution in [1.29, 1.82) is 0 Å². The zero-order valence-corrected chi connectivity index (χ0v) is 15.9. The van der Waals surface area contributed by atoms with Gasteiger partial charge in [0, 0.05) is 23.8 Å². The van der Waals surface area contributed by atoms with E-state index in [0.29, 0.717) is 17.8 Å². The molecule has 1 aliphatic rings. The molecule has 0 radical (unpaired) electrons. The fourth-order valence-electron chi connectivity index (χ4n) is 3.34. The summed E-state index contributed by atoms with van der Waals surface area (Å²) in [7, 11) is 1.59. The lowest BCUT2D eigenvalue weighted by atomic mass is 9.89. The summed E-state index contributed by atoms with van der Waals surface area (Å²) in [6.45, 7) is 3.86. The maximum atomic E-state index is 12.7. The summed E-state index contributed by atoms with van der Waals surface area (Å²) < 4.78 is 5.16. The second-order valence-corrected chi connectivity index (χ2v) is 6.73. The summed E-state index contributed by atoms with van der Waals surface area (Å²) in [5, 5.41) is 0. The standard InChI is InChI=1S/C24H18N2O3/c1-15(29-2)17-6-8-18(9-7-17)19-5-3-4-16(10-19)11-20-12-22(27)23-21(24(20)28)13-25-14-26-23/h3-10,12-14H,1,11H2,2H3. The predicted molar refractivity (Wildman–Crippen MR) is 110 cm³/mol. The molecule has 0 spiro atoms. The van der Waals surface area contributed by atoms with Gasteiger partial charge in [-0.2, -0.15) is 0 Å². The normalized spacial score (nSPS) is 12.9. The molecule has 0 saturated heterocycles. The predicted octanol–water partition coefficient (Wildman–Crippen LogP) is 4.31. The zero-order valence-electron chi connectivity index (χ0n) is 15.9. The lowest BCUT2D eigenvalue weighted by Crippen LogP contribution is -2.20. The average molecular weight is 382 g/mol. The van der Waals surface area contributed by atoms with Crippen molar-refractivity contribution in [2.75, 3.05) is 7.11 Å². The Morgan fingerprint density at radius 3 is 2.62 bits per heavy atom. The Morgan fingerprint density at radius 1 is 1.07 bits per heavy atom. The molecule has 0 N–H and O–H groups in total. The Kier molecular flexibility index (Phi) is 4.87. The molecule has 29 heavy (non-hydrogen) atoms. The first-order valence-corrected chi connectivity index (χ1v) is 9.09. The van der Waals surface area contributed by atoms with Crippen LogP contribution in [0.25, 0.3) is 16.9 Å². The van der Waals surface area contributed by atoms with Crippen LogP contribution in [0.4, 0.5) is 0 Å². The molecule has 5 heteroatoms. The van der Waals surface area contributed by atoms with Gasteiger partial charge in [-0.3, -0.25) is 9.59 Å². The summed E-state index contributed by atoms with van der Waals surface area (Å²) in [6, 6.07) is 15.8. The summed E-state index contributed by atoms with van der Waals surface area (Å²) in [5.41, 5.74) is 4.81. The van der Waals surface area contributed by atoms with E-state index >= 15 is 0 Å². The highest BCUT2D eigenvalue weighted by atomic mass is 16.5. The largest absolute Gasteiger partial charge is 0.497 e. The number of aromatic nitrogens is 2. The molecule has 2 aromatic carbocycles. The molecule has 0 atom stereocenters. The van der Waals surface area contributed by atoms with Gasteiger partial charge in [0.2, 0.25) is 5.78 Å². The van der Waals surface area contributed by atoms with Crippen LogP contribution in [0, 0.1) is 0 Å². The number of ketones is 2. The van der Waals surface area contributed by atoms with E-state index in [9.17, 15) is 9.59 Å². The van der Waals surface area contributed by atoms with Crippen LogP contribution in [0.3, 0.4) is 0 Å². The van der Waals surface area contributed by atoms with Crippen molar-refractivity contribution in [3.05, 3.63) is 102 Å². The Bertz CT molecular complexity index is 1160. The van der Waals surface area contributed by atoms with Crippen LogP contribution in [0.5, 0.6) is 0 Å². The summed E-state index contributed by atoms with van der Waals surface area (Å²) >= 11 is 0. The molecular weight excluding hydrogens is 364 g/mol. The van der Waals surface area contributed by atoms with Gasteiger partial charge < -0.3 is 4.74 Å². The number of fused-ring (bicyclic) bond motifs is 1. The van der Waals surface area contributed by atoms with E-state index in [-0.39, 0.29) is 22.8 Å². The van der Waals surface area contributed by atoms with Crippen molar-refractivity contribution in [3.63, 3.8) is 0 Å². The number of benzene rings is 2. The number of nitrogens with zero attached hydrogens (tertiary/aromatic N) is 2. The first-order valence-electron chi connectivity index (χ1n) is 9.09. The third-order valence-corrected chi connectivity index (χ3v) is 4.90. The van der Waals surface area contributed by atoms with Crippen LogP contribution < -0.4 is 0 Å². The zero-order chi connectivity index (χ0) is 20.4. The van der Waals surface area contributed by atoms with Crippen molar-refractivity contribution in [3.8, 4) is 11.1 Å². The molecule has 3 aromatic rings. The number of carbonyl (C=O) groups excluding carboxylic acids is 2. The summed E-state index contributed by atoms with van der Waals surface area (Å²) in [4.78, 5) is 32.8. The molecule has 0 bridgehead atoms. The third kappa shape index (κ3) is 3.62. The lowest BCUT2D eigenvalue weighted by Gasteiger charge is -2.14. The molecule has 4 rings (SSSR count). The van der Waals surface area contributed by atoms with Gasteiger partial charge >= 0.3 is 0 Å². The first kappa shape index (κ1) is 18.5. The molecule has 0 saturated carbocycles. The fourth-order valence-corrected chi connectivity index (χ4v) is 3.34. The highest BCUT2D eigenvalue weighted by molar-refractivity contribution is 6.23. The molecule has 0 fully saturated rings. The number of methoxy groups -OCH3 is 1. The van der Waals surface area contributed by atoms with Gasteiger partial charge in [-0.15, -0.1) is 0 Å². The molecule has 5 nitrogen and oxygen atoms in total. The minimum Gasteiger partial charge on any atom is -0.497 e. The van der Waals surface area contributed by atoms with Crippen LogP contribution in [0.2, 0.25) is 0 Å². The summed E-state index contributed by atoms with van der Waals surface area (Å²) in [6.07, 6.45) is 4.43. The molecule has 1 heterocycles. The maximum absolute atomic E-state index is 12.7. The maximum Gasteiger partial charge on any atom is 0.205 e. The average Bonchev–Trinajstić information content (AvgIpc) is 2.77. The molecule has 142 valence electrons. The Hall–Kier alpha value is -3.86. The number of ether oxygens (including phenoxy) is 1. The van der Waals surface area contributed by atoms with Crippen molar-refractivity contribution < 1.29 is 14.3 Å². The van der Waals surface area contributed by atoms with E-state index in [1.807, 2.05) is 48.5 Å².